The molecule has 0 saturated heterocycles. The van der Waals surface area contributed by atoms with Crippen LogP contribution in [0.2, 0.25) is 0 Å². The summed E-state index contributed by atoms with van der Waals surface area (Å²) in [6, 6.07) is 22.9. The van der Waals surface area contributed by atoms with Crippen molar-refractivity contribution < 1.29 is 14.3 Å². The lowest BCUT2D eigenvalue weighted by Gasteiger charge is -2.32. The lowest BCUT2D eigenvalue weighted by Crippen LogP contribution is -2.52. The molecule has 184 valence electrons. The highest BCUT2D eigenvalue weighted by Crippen LogP contribution is 2.19. The lowest BCUT2D eigenvalue weighted by molar-refractivity contribution is -0.143. The topological polar surface area (TPSA) is 58.6 Å². The highest BCUT2D eigenvalue weighted by molar-refractivity contribution is 5.88. The number of ether oxygens (including phenoxy) is 1. The molecule has 0 fully saturated rings. The number of hydrogen-bond donors (Lipinski definition) is 1. The summed E-state index contributed by atoms with van der Waals surface area (Å²) < 4.78 is 5.92. The van der Waals surface area contributed by atoms with Crippen molar-refractivity contribution in [3.05, 3.63) is 101 Å². The van der Waals surface area contributed by atoms with Crippen LogP contribution in [0.4, 0.5) is 0 Å². The van der Waals surface area contributed by atoms with Gasteiger partial charge in [0, 0.05) is 19.0 Å². The highest BCUT2D eigenvalue weighted by Gasteiger charge is 2.31. The number of rotatable bonds is 10. The van der Waals surface area contributed by atoms with Crippen LogP contribution in [0.25, 0.3) is 0 Å². The summed E-state index contributed by atoms with van der Waals surface area (Å²) in [7, 11) is 0. The maximum Gasteiger partial charge on any atom is 0.261 e. The Morgan fingerprint density at radius 3 is 2.14 bits per heavy atom. The molecule has 1 atom stereocenters. The molecule has 5 heteroatoms. The summed E-state index contributed by atoms with van der Waals surface area (Å²) in [5.41, 5.74) is 5.21. The molecular formula is C30H36N2O3. The number of aryl methyl sites for hydroxylation is 3. The Bertz CT molecular complexity index is 1120. The summed E-state index contributed by atoms with van der Waals surface area (Å²) in [6.07, 6.45) is 0.417. The zero-order valence-electron chi connectivity index (χ0n) is 21.4. The number of nitrogens with one attached hydrogen (secondary N) is 1. The van der Waals surface area contributed by atoms with Crippen LogP contribution in [0.1, 0.15) is 41.7 Å². The first-order chi connectivity index (χ1) is 16.7. The first-order valence-electron chi connectivity index (χ1n) is 12.1. The van der Waals surface area contributed by atoms with Crippen molar-refractivity contribution >= 4 is 11.8 Å². The van der Waals surface area contributed by atoms with Gasteiger partial charge in [-0.3, -0.25) is 9.59 Å². The molecule has 0 aromatic heterocycles. The van der Waals surface area contributed by atoms with Crippen LogP contribution in [0.3, 0.4) is 0 Å². The molecule has 0 spiro atoms. The second kappa shape index (κ2) is 12.2. The zero-order valence-corrected chi connectivity index (χ0v) is 21.4. The Morgan fingerprint density at radius 2 is 1.51 bits per heavy atom. The Hall–Kier alpha value is -3.60. The molecule has 0 heterocycles. The minimum absolute atomic E-state index is 0.0392. The van der Waals surface area contributed by atoms with E-state index in [0.29, 0.717) is 18.7 Å². The van der Waals surface area contributed by atoms with Gasteiger partial charge in [-0.1, -0.05) is 60.7 Å². The van der Waals surface area contributed by atoms with Crippen LogP contribution in [-0.4, -0.2) is 35.4 Å². The SMILES string of the molecule is Cc1cc(C)cc(OCC(=O)N(Cc2ccccc2C)C(Cc2ccccc2)C(=O)NC(C)C)c1. The Balaban J connectivity index is 1.93. The minimum Gasteiger partial charge on any atom is -0.484 e. The van der Waals surface area contributed by atoms with Crippen LogP contribution >= 0.6 is 0 Å². The van der Waals surface area contributed by atoms with Crippen molar-refractivity contribution in [3.8, 4) is 5.75 Å². The van der Waals surface area contributed by atoms with Gasteiger partial charge in [0.05, 0.1) is 0 Å². The normalized spacial score (nSPS) is 11.7. The number of carbonyl (C=O) groups is 2. The van der Waals surface area contributed by atoms with Crippen LogP contribution < -0.4 is 10.1 Å². The average Bonchev–Trinajstić information content (AvgIpc) is 2.80. The van der Waals surface area contributed by atoms with E-state index in [1.807, 2.05) is 101 Å². The van der Waals surface area contributed by atoms with Gasteiger partial charge >= 0.3 is 0 Å². The minimum atomic E-state index is -0.672. The molecule has 3 aromatic rings. The molecule has 0 saturated carbocycles. The Labute approximate surface area is 209 Å². The van der Waals surface area contributed by atoms with Gasteiger partial charge in [0.1, 0.15) is 11.8 Å². The molecule has 3 rings (SSSR count). The quantitative estimate of drug-likeness (QED) is 0.444. The first kappa shape index (κ1) is 26.0. The molecule has 5 nitrogen and oxygen atoms in total. The maximum absolute atomic E-state index is 13.6. The third-order valence-corrected chi connectivity index (χ3v) is 5.86. The van der Waals surface area contributed by atoms with Gasteiger partial charge in [0.15, 0.2) is 6.61 Å². The van der Waals surface area contributed by atoms with Gasteiger partial charge in [0.2, 0.25) is 5.91 Å². The molecule has 0 aliphatic rings. The Kier molecular flexibility index (Phi) is 9.07. The predicted octanol–water partition coefficient (Wildman–Crippen LogP) is 5.16. The van der Waals surface area contributed by atoms with Crippen molar-refractivity contribution in [2.75, 3.05) is 6.61 Å². The molecular weight excluding hydrogens is 436 g/mol. The van der Waals surface area contributed by atoms with E-state index in [0.717, 1.165) is 27.8 Å². The summed E-state index contributed by atoms with van der Waals surface area (Å²) in [5, 5.41) is 3.01. The molecule has 2 amide bonds. The zero-order chi connectivity index (χ0) is 25.4. The van der Waals surface area contributed by atoms with Crippen LogP contribution in [0.15, 0.2) is 72.8 Å². The number of hydrogen-bond acceptors (Lipinski definition) is 3. The molecule has 1 unspecified atom stereocenters. The summed E-state index contributed by atoms with van der Waals surface area (Å²) in [6.45, 7) is 10.0. The first-order valence-corrected chi connectivity index (χ1v) is 12.1. The number of amides is 2. The van der Waals surface area contributed by atoms with Crippen LogP contribution in [-0.2, 0) is 22.6 Å². The van der Waals surface area contributed by atoms with Crippen molar-refractivity contribution in [3.63, 3.8) is 0 Å². The fourth-order valence-corrected chi connectivity index (χ4v) is 4.15. The van der Waals surface area contributed by atoms with E-state index in [2.05, 4.69) is 11.4 Å². The third-order valence-electron chi connectivity index (χ3n) is 5.86. The molecule has 35 heavy (non-hydrogen) atoms. The van der Waals surface area contributed by atoms with Crippen molar-refractivity contribution in [2.24, 2.45) is 0 Å². The van der Waals surface area contributed by atoms with Crippen molar-refractivity contribution in [1.82, 2.24) is 10.2 Å². The summed E-state index contributed by atoms with van der Waals surface area (Å²) in [5.74, 6) is 0.252. The lowest BCUT2D eigenvalue weighted by atomic mass is 10.0. The van der Waals surface area contributed by atoms with Gasteiger partial charge in [-0.15, -0.1) is 0 Å². The van der Waals surface area contributed by atoms with Gasteiger partial charge < -0.3 is 15.0 Å². The van der Waals surface area contributed by atoms with Gasteiger partial charge in [-0.05, 0) is 74.6 Å². The molecule has 0 radical (unpaired) electrons. The van der Waals surface area contributed by atoms with Gasteiger partial charge in [-0.2, -0.15) is 0 Å². The maximum atomic E-state index is 13.6. The predicted molar refractivity (Wildman–Crippen MR) is 140 cm³/mol. The molecule has 1 N–H and O–H groups in total. The standard InChI is InChI=1S/C30H36N2O3/c1-21(2)31-30(34)28(18-25-12-7-6-8-13-25)32(19-26-14-10-9-11-24(26)5)29(33)20-35-27-16-22(3)15-23(4)17-27/h6-17,21,28H,18-20H2,1-5H3,(H,31,34). The van der Waals surface area contributed by atoms with E-state index >= 15 is 0 Å². The Morgan fingerprint density at radius 1 is 0.886 bits per heavy atom. The second-order valence-corrected chi connectivity index (χ2v) is 9.43. The molecule has 0 aliphatic carbocycles. The van der Waals surface area contributed by atoms with Gasteiger partial charge in [0.25, 0.3) is 5.91 Å². The smallest absolute Gasteiger partial charge is 0.261 e. The van der Waals surface area contributed by atoms with E-state index in [1.165, 1.54) is 0 Å². The number of carbonyl (C=O) groups excluding carboxylic acids is 2. The molecule has 0 aliphatic heterocycles. The fourth-order valence-electron chi connectivity index (χ4n) is 4.15. The fraction of sp³-hybridized carbons (Fsp3) is 0.333. The highest BCUT2D eigenvalue weighted by atomic mass is 16.5. The summed E-state index contributed by atoms with van der Waals surface area (Å²) in [4.78, 5) is 28.7. The third kappa shape index (κ3) is 7.71. The van der Waals surface area contributed by atoms with Gasteiger partial charge in [-0.25, -0.2) is 0 Å². The van der Waals surface area contributed by atoms with Crippen LogP contribution in [0.5, 0.6) is 5.75 Å². The van der Waals surface area contributed by atoms with E-state index < -0.39 is 6.04 Å². The van der Waals surface area contributed by atoms with Crippen molar-refractivity contribution in [1.29, 1.82) is 0 Å². The number of benzene rings is 3. The summed E-state index contributed by atoms with van der Waals surface area (Å²) >= 11 is 0. The van der Waals surface area contributed by atoms with E-state index in [1.54, 1.807) is 4.90 Å². The van der Waals surface area contributed by atoms with Crippen LogP contribution in [0, 0.1) is 20.8 Å². The average molecular weight is 473 g/mol. The molecule has 0 bridgehead atoms. The monoisotopic (exact) mass is 472 g/mol. The molecule has 3 aromatic carbocycles. The van der Waals surface area contributed by atoms with E-state index in [-0.39, 0.29) is 24.5 Å². The number of nitrogens with zero attached hydrogens (tertiary/aromatic N) is 1. The largest absolute Gasteiger partial charge is 0.484 e. The van der Waals surface area contributed by atoms with Crippen molar-refractivity contribution in [2.45, 2.75) is 59.7 Å². The second-order valence-electron chi connectivity index (χ2n) is 9.43. The van der Waals surface area contributed by atoms with E-state index in [9.17, 15) is 9.59 Å². The van der Waals surface area contributed by atoms with E-state index in [4.69, 9.17) is 4.74 Å².